The predicted octanol–water partition coefficient (Wildman–Crippen LogP) is 3.76. The Morgan fingerprint density at radius 3 is 2.50 bits per heavy atom. The van der Waals surface area contributed by atoms with E-state index in [-0.39, 0.29) is 0 Å². The SMILES string of the molecule is C/C=C/C[C@@H](C)c1ccccc1. The number of hydrogen-bond acceptors (Lipinski definition) is 0. The van der Waals surface area contributed by atoms with E-state index in [1.54, 1.807) is 0 Å². The summed E-state index contributed by atoms with van der Waals surface area (Å²) in [5, 5.41) is 0. The molecule has 0 fully saturated rings. The van der Waals surface area contributed by atoms with Crippen molar-refractivity contribution in [1.29, 1.82) is 0 Å². The van der Waals surface area contributed by atoms with E-state index in [1.807, 2.05) is 0 Å². The molecule has 1 rings (SSSR count). The Labute approximate surface area is 74.9 Å². The maximum atomic E-state index is 2.26. The Morgan fingerprint density at radius 1 is 1.25 bits per heavy atom. The van der Waals surface area contributed by atoms with Gasteiger partial charge in [-0.2, -0.15) is 0 Å². The van der Waals surface area contributed by atoms with Crippen LogP contribution < -0.4 is 0 Å². The average Bonchev–Trinajstić information content (AvgIpc) is 2.15. The van der Waals surface area contributed by atoms with Crippen molar-refractivity contribution in [2.75, 3.05) is 0 Å². The molecule has 0 unspecified atom stereocenters. The molecule has 0 saturated heterocycles. The summed E-state index contributed by atoms with van der Waals surface area (Å²) in [6, 6.07) is 10.6. The monoisotopic (exact) mass is 160 g/mol. The van der Waals surface area contributed by atoms with Crippen LogP contribution in [0.2, 0.25) is 0 Å². The molecule has 0 aliphatic carbocycles. The molecule has 0 aliphatic rings. The van der Waals surface area contributed by atoms with Gasteiger partial charge in [0.2, 0.25) is 0 Å². The summed E-state index contributed by atoms with van der Waals surface area (Å²) in [7, 11) is 0. The maximum Gasteiger partial charge on any atom is -0.0156 e. The molecule has 0 bridgehead atoms. The van der Waals surface area contributed by atoms with Crippen molar-refractivity contribution in [2.24, 2.45) is 0 Å². The molecule has 0 heteroatoms. The van der Waals surface area contributed by atoms with Crippen LogP contribution in [0.1, 0.15) is 31.7 Å². The normalized spacial score (nSPS) is 13.5. The topological polar surface area (TPSA) is 0 Å². The lowest BCUT2D eigenvalue weighted by molar-refractivity contribution is 0.780. The Bertz CT molecular complexity index is 233. The highest BCUT2D eigenvalue weighted by atomic mass is 14.1. The van der Waals surface area contributed by atoms with E-state index in [9.17, 15) is 0 Å². The molecule has 0 spiro atoms. The highest BCUT2D eigenvalue weighted by molar-refractivity contribution is 5.19. The Morgan fingerprint density at radius 2 is 1.92 bits per heavy atom. The van der Waals surface area contributed by atoms with Crippen LogP contribution in [0.25, 0.3) is 0 Å². The molecule has 0 N–H and O–H groups in total. The Balaban J connectivity index is 2.59. The summed E-state index contributed by atoms with van der Waals surface area (Å²) in [6.45, 7) is 4.33. The van der Waals surface area contributed by atoms with Crippen LogP contribution in [-0.4, -0.2) is 0 Å². The van der Waals surface area contributed by atoms with Gasteiger partial charge in [0.1, 0.15) is 0 Å². The van der Waals surface area contributed by atoms with E-state index < -0.39 is 0 Å². The third-order valence-corrected chi connectivity index (χ3v) is 2.09. The van der Waals surface area contributed by atoms with Gasteiger partial charge >= 0.3 is 0 Å². The molecule has 0 aromatic heterocycles. The largest absolute Gasteiger partial charge is 0.0916 e. The van der Waals surface area contributed by atoms with Crippen LogP contribution in [-0.2, 0) is 0 Å². The second-order valence-corrected chi connectivity index (χ2v) is 3.12. The minimum absolute atomic E-state index is 0.641. The molecule has 1 aromatic rings. The van der Waals surface area contributed by atoms with Gasteiger partial charge in [0.25, 0.3) is 0 Å². The minimum atomic E-state index is 0.641. The predicted molar refractivity (Wildman–Crippen MR) is 54.3 cm³/mol. The zero-order chi connectivity index (χ0) is 8.81. The first-order valence-electron chi connectivity index (χ1n) is 4.50. The number of hydrogen-bond donors (Lipinski definition) is 0. The van der Waals surface area contributed by atoms with Gasteiger partial charge < -0.3 is 0 Å². The molecule has 0 amide bonds. The molecule has 0 heterocycles. The van der Waals surface area contributed by atoms with Crippen molar-refractivity contribution in [3.05, 3.63) is 48.0 Å². The standard InChI is InChI=1S/C12H16/c1-3-4-8-11(2)12-9-6-5-7-10-12/h3-7,9-11H,8H2,1-2H3/b4-3+/t11-/m1/s1. The molecule has 0 nitrogen and oxygen atoms in total. The molecule has 64 valence electrons. The first-order valence-corrected chi connectivity index (χ1v) is 4.50. The van der Waals surface area contributed by atoms with Gasteiger partial charge in [0.05, 0.1) is 0 Å². The summed E-state index contributed by atoms with van der Waals surface area (Å²) in [6.07, 6.45) is 5.47. The third-order valence-electron chi connectivity index (χ3n) is 2.09. The van der Waals surface area contributed by atoms with Crippen molar-refractivity contribution in [2.45, 2.75) is 26.2 Å². The van der Waals surface area contributed by atoms with Crippen LogP contribution >= 0.6 is 0 Å². The highest BCUT2D eigenvalue weighted by Gasteiger charge is 2.00. The molecule has 1 atom stereocenters. The summed E-state index contributed by atoms with van der Waals surface area (Å²) in [5.41, 5.74) is 1.43. The van der Waals surface area contributed by atoms with Gasteiger partial charge in [0.15, 0.2) is 0 Å². The summed E-state index contributed by atoms with van der Waals surface area (Å²) < 4.78 is 0. The van der Waals surface area contributed by atoms with Gasteiger partial charge in [-0.25, -0.2) is 0 Å². The van der Waals surface area contributed by atoms with Gasteiger partial charge in [-0.05, 0) is 24.8 Å². The zero-order valence-electron chi connectivity index (χ0n) is 7.83. The van der Waals surface area contributed by atoms with Crippen molar-refractivity contribution in [3.8, 4) is 0 Å². The second-order valence-electron chi connectivity index (χ2n) is 3.12. The van der Waals surface area contributed by atoms with E-state index >= 15 is 0 Å². The fourth-order valence-corrected chi connectivity index (χ4v) is 1.26. The van der Waals surface area contributed by atoms with E-state index in [2.05, 4.69) is 56.3 Å². The van der Waals surface area contributed by atoms with E-state index in [0.717, 1.165) is 6.42 Å². The van der Waals surface area contributed by atoms with Gasteiger partial charge in [0, 0.05) is 0 Å². The fraction of sp³-hybridized carbons (Fsp3) is 0.333. The Kier molecular flexibility index (Phi) is 3.59. The molecule has 0 saturated carbocycles. The third kappa shape index (κ3) is 2.54. The lowest BCUT2D eigenvalue weighted by atomic mass is 9.98. The minimum Gasteiger partial charge on any atom is -0.0916 e. The summed E-state index contributed by atoms with van der Waals surface area (Å²) in [4.78, 5) is 0. The van der Waals surface area contributed by atoms with Gasteiger partial charge in [-0.1, -0.05) is 49.4 Å². The number of rotatable bonds is 3. The summed E-state index contributed by atoms with van der Waals surface area (Å²) >= 11 is 0. The van der Waals surface area contributed by atoms with Crippen molar-refractivity contribution < 1.29 is 0 Å². The molecule has 0 radical (unpaired) electrons. The highest BCUT2D eigenvalue weighted by Crippen LogP contribution is 2.18. The smallest absolute Gasteiger partial charge is 0.0156 e. The van der Waals surface area contributed by atoms with E-state index in [0.29, 0.717) is 5.92 Å². The lowest BCUT2D eigenvalue weighted by Crippen LogP contribution is -1.89. The van der Waals surface area contributed by atoms with Crippen LogP contribution in [0.4, 0.5) is 0 Å². The quantitative estimate of drug-likeness (QED) is 0.591. The summed E-state index contributed by atoms with van der Waals surface area (Å²) in [5.74, 6) is 0.641. The first-order chi connectivity index (χ1) is 5.84. The van der Waals surface area contributed by atoms with Crippen LogP contribution in [0, 0.1) is 0 Å². The number of allylic oxidation sites excluding steroid dienone is 2. The molecule has 0 aliphatic heterocycles. The molecular weight excluding hydrogens is 144 g/mol. The second kappa shape index (κ2) is 4.76. The molecule has 1 aromatic carbocycles. The van der Waals surface area contributed by atoms with Crippen molar-refractivity contribution in [1.82, 2.24) is 0 Å². The zero-order valence-corrected chi connectivity index (χ0v) is 7.83. The van der Waals surface area contributed by atoms with E-state index in [1.165, 1.54) is 5.56 Å². The number of benzene rings is 1. The maximum absolute atomic E-state index is 2.26. The molecule has 12 heavy (non-hydrogen) atoms. The van der Waals surface area contributed by atoms with Crippen LogP contribution in [0.15, 0.2) is 42.5 Å². The van der Waals surface area contributed by atoms with Crippen molar-refractivity contribution in [3.63, 3.8) is 0 Å². The first kappa shape index (κ1) is 9.05. The van der Waals surface area contributed by atoms with Gasteiger partial charge in [-0.3, -0.25) is 0 Å². The van der Waals surface area contributed by atoms with Crippen LogP contribution in [0.5, 0.6) is 0 Å². The Hall–Kier alpha value is -1.04. The van der Waals surface area contributed by atoms with Gasteiger partial charge in [-0.15, -0.1) is 0 Å². The van der Waals surface area contributed by atoms with Crippen LogP contribution in [0.3, 0.4) is 0 Å². The van der Waals surface area contributed by atoms with E-state index in [4.69, 9.17) is 0 Å². The lowest BCUT2D eigenvalue weighted by Gasteiger charge is -2.07. The molecular formula is C12H16. The fourth-order valence-electron chi connectivity index (χ4n) is 1.26. The average molecular weight is 160 g/mol. The van der Waals surface area contributed by atoms with Crippen molar-refractivity contribution >= 4 is 0 Å².